The summed E-state index contributed by atoms with van der Waals surface area (Å²) in [5.41, 5.74) is 7.23. The van der Waals surface area contributed by atoms with Crippen LogP contribution < -0.4 is 10.5 Å². The number of halogens is 1. The van der Waals surface area contributed by atoms with E-state index in [1.54, 1.807) is 7.11 Å². The molecule has 3 heteroatoms. The second kappa shape index (κ2) is 7.01. The zero-order chi connectivity index (χ0) is 13.6. The zero-order valence-electron chi connectivity index (χ0n) is 11.6. The Morgan fingerprint density at radius 2 is 1.83 bits per heavy atom. The van der Waals surface area contributed by atoms with Crippen LogP contribution >= 0.6 is 11.6 Å². The minimum Gasteiger partial charge on any atom is -0.496 e. The molecule has 0 heterocycles. The molecule has 0 bridgehead atoms. The lowest BCUT2D eigenvalue weighted by atomic mass is 9.73. The molecule has 1 rings (SSSR count). The van der Waals surface area contributed by atoms with Crippen molar-refractivity contribution in [3.63, 3.8) is 0 Å². The quantitative estimate of drug-likeness (QED) is 0.807. The fourth-order valence-electron chi connectivity index (χ4n) is 2.76. The average molecular weight is 270 g/mol. The van der Waals surface area contributed by atoms with Gasteiger partial charge in [-0.25, -0.2) is 0 Å². The molecule has 0 radical (unpaired) electrons. The second-order valence-electron chi connectivity index (χ2n) is 4.83. The van der Waals surface area contributed by atoms with Crippen molar-refractivity contribution < 1.29 is 4.74 Å². The van der Waals surface area contributed by atoms with Crippen molar-refractivity contribution in [1.29, 1.82) is 0 Å². The van der Waals surface area contributed by atoms with Gasteiger partial charge in [-0.1, -0.05) is 38.3 Å². The third kappa shape index (κ3) is 3.18. The van der Waals surface area contributed by atoms with Gasteiger partial charge in [-0.2, -0.15) is 0 Å². The predicted molar refractivity (Wildman–Crippen MR) is 78.6 cm³/mol. The molecule has 0 saturated heterocycles. The Labute approximate surface area is 115 Å². The molecule has 0 fully saturated rings. The number of benzene rings is 1. The highest BCUT2D eigenvalue weighted by atomic mass is 35.5. The van der Waals surface area contributed by atoms with Crippen LogP contribution in [0.2, 0.25) is 5.02 Å². The minimum atomic E-state index is -0.0141. The van der Waals surface area contributed by atoms with E-state index in [2.05, 4.69) is 13.8 Å². The van der Waals surface area contributed by atoms with Gasteiger partial charge in [0.05, 0.1) is 7.11 Å². The van der Waals surface area contributed by atoms with E-state index in [9.17, 15) is 0 Å². The molecule has 0 aromatic heterocycles. The smallest absolute Gasteiger partial charge is 0.122 e. The monoisotopic (exact) mass is 269 g/mol. The Morgan fingerprint density at radius 1 is 1.22 bits per heavy atom. The molecule has 1 aromatic rings. The second-order valence-corrected chi connectivity index (χ2v) is 5.27. The molecule has 0 spiro atoms. The summed E-state index contributed by atoms with van der Waals surface area (Å²) in [5, 5.41) is 0.746. The maximum Gasteiger partial charge on any atom is 0.122 e. The molecule has 0 aliphatic rings. The number of hydrogen-bond donors (Lipinski definition) is 1. The third-order valence-corrected chi connectivity index (χ3v) is 3.82. The summed E-state index contributed by atoms with van der Waals surface area (Å²) < 4.78 is 5.49. The fraction of sp³-hybridized carbons (Fsp3) is 0.600. The lowest BCUT2D eigenvalue weighted by Gasteiger charge is -2.34. The lowest BCUT2D eigenvalue weighted by Crippen LogP contribution is -2.35. The molecular formula is C15H24ClNO. The van der Waals surface area contributed by atoms with E-state index in [1.165, 1.54) is 0 Å². The highest BCUT2D eigenvalue weighted by Gasteiger charge is 2.32. The van der Waals surface area contributed by atoms with Gasteiger partial charge in [-0.3, -0.25) is 0 Å². The molecule has 0 amide bonds. The Balaban J connectivity index is 3.29. The molecule has 2 N–H and O–H groups in total. The predicted octanol–water partition coefficient (Wildman–Crippen LogP) is 4.15. The van der Waals surface area contributed by atoms with Gasteiger partial charge in [-0.15, -0.1) is 0 Å². The van der Waals surface area contributed by atoms with E-state index >= 15 is 0 Å². The number of ether oxygens (including phenoxy) is 1. The molecule has 0 aliphatic heterocycles. The van der Waals surface area contributed by atoms with Crippen molar-refractivity contribution >= 4 is 11.6 Å². The Morgan fingerprint density at radius 3 is 2.28 bits per heavy atom. The summed E-state index contributed by atoms with van der Waals surface area (Å²) in [6.45, 7) is 5.01. The van der Waals surface area contributed by atoms with E-state index in [4.69, 9.17) is 22.1 Å². The number of methoxy groups -OCH3 is 1. The minimum absolute atomic E-state index is 0.0141. The summed E-state index contributed by atoms with van der Waals surface area (Å²) in [6, 6.07) is 5.81. The summed E-state index contributed by atoms with van der Waals surface area (Å²) in [4.78, 5) is 0. The van der Waals surface area contributed by atoms with Crippen LogP contribution in [0.15, 0.2) is 18.2 Å². The number of hydrogen-bond acceptors (Lipinski definition) is 2. The first-order valence-electron chi connectivity index (χ1n) is 6.67. The van der Waals surface area contributed by atoms with Crippen LogP contribution in [0.4, 0.5) is 0 Å². The molecular weight excluding hydrogens is 246 g/mol. The van der Waals surface area contributed by atoms with Gasteiger partial charge in [-0.05, 0) is 31.0 Å². The topological polar surface area (TPSA) is 35.2 Å². The summed E-state index contributed by atoms with van der Waals surface area (Å²) in [5.74, 6) is 0.895. The van der Waals surface area contributed by atoms with E-state index in [-0.39, 0.29) is 5.41 Å². The molecule has 0 saturated carbocycles. The van der Waals surface area contributed by atoms with E-state index in [0.717, 1.165) is 42.0 Å². The standard InChI is InChI=1S/C15H24ClNO/c1-4-8-15(11-17,9-5-2)13-10-12(16)6-7-14(13)18-3/h6-7,10H,4-5,8-9,11,17H2,1-3H3. The van der Waals surface area contributed by atoms with Crippen LogP contribution in [0.3, 0.4) is 0 Å². The fourth-order valence-corrected chi connectivity index (χ4v) is 2.93. The van der Waals surface area contributed by atoms with Crippen molar-refractivity contribution in [2.24, 2.45) is 5.73 Å². The van der Waals surface area contributed by atoms with Crippen molar-refractivity contribution in [3.8, 4) is 5.75 Å². The number of nitrogens with two attached hydrogens (primary N) is 1. The first-order chi connectivity index (χ1) is 8.63. The van der Waals surface area contributed by atoms with E-state index < -0.39 is 0 Å². The summed E-state index contributed by atoms with van der Waals surface area (Å²) in [7, 11) is 1.70. The van der Waals surface area contributed by atoms with Gasteiger partial charge in [0.1, 0.15) is 5.75 Å². The van der Waals surface area contributed by atoms with Gasteiger partial charge < -0.3 is 10.5 Å². The molecule has 0 unspecified atom stereocenters. The van der Waals surface area contributed by atoms with Crippen molar-refractivity contribution in [1.82, 2.24) is 0 Å². The van der Waals surface area contributed by atoms with Gasteiger partial charge in [0, 0.05) is 22.5 Å². The third-order valence-electron chi connectivity index (χ3n) is 3.58. The Kier molecular flexibility index (Phi) is 5.97. The molecule has 1 aromatic carbocycles. The molecule has 2 nitrogen and oxygen atoms in total. The summed E-state index contributed by atoms with van der Waals surface area (Å²) in [6.07, 6.45) is 4.34. The van der Waals surface area contributed by atoms with Crippen LogP contribution in [-0.4, -0.2) is 13.7 Å². The highest BCUT2D eigenvalue weighted by molar-refractivity contribution is 6.30. The first kappa shape index (κ1) is 15.3. The van der Waals surface area contributed by atoms with Crippen LogP contribution in [0.25, 0.3) is 0 Å². The van der Waals surface area contributed by atoms with Gasteiger partial charge in [0.2, 0.25) is 0 Å². The van der Waals surface area contributed by atoms with E-state index in [1.807, 2.05) is 18.2 Å². The van der Waals surface area contributed by atoms with E-state index in [0.29, 0.717) is 6.54 Å². The first-order valence-corrected chi connectivity index (χ1v) is 7.05. The molecule has 102 valence electrons. The summed E-state index contributed by atoms with van der Waals surface area (Å²) >= 11 is 6.14. The maximum atomic E-state index is 6.14. The van der Waals surface area contributed by atoms with Crippen LogP contribution in [0.5, 0.6) is 5.75 Å². The largest absolute Gasteiger partial charge is 0.496 e. The van der Waals surface area contributed by atoms with Crippen LogP contribution in [0.1, 0.15) is 45.1 Å². The maximum absolute atomic E-state index is 6.14. The molecule has 18 heavy (non-hydrogen) atoms. The lowest BCUT2D eigenvalue weighted by molar-refractivity contribution is 0.337. The Hall–Kier alpha value is -0.730. The molecule has 0 atom stereocenters. The Bertz CT molecular complexity index is 373. The van der Waals surface area contributed by atoms with Gasteiger partial charge in [0.25, 0.3) is 0 Å². The van der Waals surface area contributed by atoms with Crippen molar-refractivity contribution in [2.75, 3.05) is 13.7 Å². The van der Waals surface area contributed by atoms with Crippen molar-refractivity contribution in [2.45, 2.75) is 44.9 Å². The SMILES string of the molecule is CCCC(CN)(CCC)c1cc(Cl)ccc1OC. The number of rotatable bonds is 7. The normalized spacial score (nSPS) is 11.6. The van der Waals surface area contributed by atoms with Crippen LogP contribution in [-0.2, 0) is 5.41 Å². The average Bonchev–Trinajstić information content (AvgIpc) is 2.38. The zero-order valence-corrected chi connectivity index (χ0v) is 12.4. The molecule has 0 aliphatic carbocycles. The van der Waals surface area contributed by atoms with Crippen LogP contribution in [0, 0.1) is 0 Å². The van der Waals surface area contributed by atoms with Crippen molar-refractivity contribution in [3.05, 3.63) is 28.8 Å². The highest BCUT2D eigenvalue weighted by Crippen LogP contribution is 2.40. The van der Waals surface area contributed by atoms with Gasteiger partial charge in [0.15, 0.2) is 0 Å². The van der Waals surface area contributed by atoms with Gasteiger partial charge >= 0.3 is 0 Å².